The average Bonchev–Trinajstić information content (AvgIpc) is 2.46. The average molecular weight is 305 g/mol. The Hall–Kier alpha value is -1.30. The molecule has 1 aliphatic carbocycles. The van der Waals surface area contributed by atoms with E-state index in [0.29, 0.717) is 13.0 Å². The van der Waals surface area contributed by atoms with Crippen molar-refractivity contribution in [1.29, 1.82) is 0 Å². The van der Waals surface area contributed by atoms with Crippen molar-refractivity contribution in [3.8, 4) is 0 Å². The summed E-state index contributed by atoms with van der Waals surface area (Å²) in [5, 5.41) is 2.62. The Morgan fingerprint density at radius 1 is 1.19 bits per heavy atom. The summed E-state index contributed by atoms with van der Waals surface area (Å²) in [5.41, 5.74) is -1.08. The minimum Gasteiger partial charge on any atom is -0.378 e. The molecule has 0 aliphatic heterocycles. The van der Waals surface area contributed by atoms with E-state index in [1.807, 2.05) is 20.8 Å². The van der Waals surface area contributed by atoms with Gasteiger partial charge in [-0.3, -0.25) is 0 Å². The van der Waals surface area contributed by atoms with Gasteiger partial charge in [-0.15, -0.1) is 0 Å². The minimum atomic E-state index is -1.41. The summed E-state index contributed by atoms with van der Waals surface area (Å²) in [6.45, 7) is 6.29. The predicted molar refractivity (Wildman–Crippen MR) is 72.1 cm³/mol. The van der Waals surface area contributed by atoms with Crippen molar-refractivity contribution in [2.75, 3.05) is 11.9 Å². The fourth-order valence-electron chi connectivity index (χ4n) is 2.85. The fraction of sp³-hybridized carbons (Fsp3) is 0.600. The van der Waals surface area contributed by atoms with Gasteiger partial charge in [-0.2, -0.15) is 0 Å². The Kier molecular flexibility index (Phi) is 4.46. The van der Waals surface area contributed by atoms with Crippen LogP contribution in [0.1, 0.15) is 33.6 Å². The molecule has 1 aliphatic rings. The van der Waals surface area contributed by atoms with Crippen molar-refractivity contribution in [2.24, 2.45) is 5.41 Å². The molecule has 0 amide bonds. The van der Waals surface area contributed by atoms with Crippen LogP contribution in [0.4, 0.5) is 23.2 Å². The van der Waals surface area contributed by atoms with Crippen LogP contribution in [0.25, 0.3) is 0 Å². The molecular weight excluding hydrogens is 286 g/mol. The topological polar surface area (TPSA) is 21.3 Å². The van der Waals surface area contributed by atoms with Crippen LogP contribution in [0.5, 0.6) is 0 Å². The molecule has 1 aromatic rings. The first kappa shape index (κ1) is 16.1. The van der Waals surface area contributed by atoms with Gasteiger partial charge in [0.1, 0.15) is 5.69 Å². The third-order valence-electron chi connectivity index (χ3n) is 4.54. The lowest BCUT2D eigenvalue weighted by molar-refractivity contribution is -0.109. The molecule has 0 bridgehead atoms. The number of anilines is 1. The number of rotatable bonds is 5. The van der Waals surface area contributed by atoms with E-state index in [1.165, 1.54) is 0 Å². The van der Waals surface area contributed by atoms with E-state index in [2.05, 4.69) is 5.32 Å². The van der Waals surface area contributed by atoms with Gasteiger partial charge in [0, 0.05) is 24.1 Å². The molecule has 0 saturated heterocycles. The third-order valence-corrected chi connectivity index (χ3v) is 4.54. The van der Waals surface area contributed by atoms with E-state index >= 15 is 0 Å². The number of ether oxygens (including phenoxy) is 1. The number of nitrogens with one attached hydrogen (secondary N) is 1. The van der Waals surface area contributed by atoms with E-state index in [-0.39, 0.29) is 23.6 Å². The van der Waals surface area contributed by atoms with E-state index in [1.54, 1.807) is 0 Å². The fourth-order valence-corrected chi connectivity index (χ4v) is 2.85. The van der Waals surface area contributed by atoms with Crippen molar-refractivity contribution in [3.63, 3.8) is 0 Å². The molecule has 0 heterocycles. The number of benzene rings is 1. The van der Waals surface area contributed by atoms with Crippen LogP contribution in [-0.4, -0.2) is 18.8 Å². The largest absolute Gasteiger partial charge is 0.378 e. The first-order valence-corrected chi connectivity index (χ1v) is 7.06. The molecular formula is C15H19F4NO. The molecule has 1 aromatic carbocycles. The summed E-state index contributed by atoms with van der Waals surface area (Å²) < 4.78 is 59.4. The highest BCUT2D eigenvalue weighted by atomic mass is 19.2. The van der Waals surface area contributed by atoms with E-state index in [9.17, 15) is 17.6 Å². The quantitative estimate of drug-likeness (QED) is 0.648. The smallest absolute Gasteiger partial charge is 0.185 e. The van der Waals surface area contributed by atoms with E-state index in [0.717, 1.165) is 6.42 Å². The zero-order valence-electron chi connectivity index (χ0n) is 12.3. The summed E-state index contributed by atoms with van der Waals surface area (Å²) in [6, 6.07) is -0.0946. The van der Waals surface area contributed by atoms with Crippen molar-refractivity contribution in [3.05, 3.63) is 29.3 Å². The van der Waals surface area contributed by atoms with Crippen LogP contribution in [0.3, 0.4) is 0 Å². The molecule has 3 atom stereocenters. The molecule has 0 spiro atoms. The second kappa shape index (κ2) is 5.83. The molecule has 6 heteroatoms. The van der Waals surface area contributed by atoms with Gasteiger partial charge < -0.3 is 10.1 Å². The second-order valence-electron chi connectivity index (χ2n) is 5.58. The first-order chi connectivity index (χ1) is 9.85. The SMILES string of the molecule is CCOC1CC(Nc2c(F)c(F)cc(F)c2F)C1(C)CC. The lowest BCUT2D eigenvalue weighted by atomic mass is 9.61. The molecule has 118 valence electrons. The van der Waals surface area contributed by atoms with Gasteiger partial charge >= 0.3 is 0 Å². The van der Waals surface area contributed by atoms with Crippen molar-refractivity contribution in [2.45, 2.75) is 45.8 Å². The molecule has 1 fully saturated rings. The van der Waals surface area contributed by atoms with Crippen molar-refractivity contribution < 1.29 is 22.3 Å². The maximum atomic E-state index is 13.7. The normalized spacial score (nSPS) is 28.3. The van der Waals surface area contributed by atoms with Crippen molar-refractivity contribution in [1.82, 2.24) is 0 Å². The van der Waals surface area contributed by atoms with Crippen LogP contribution in [-0.2, 0) is 4.74 Å². The van der Waals surface area contributed by atoms with Gasteiger partial charge in [-0.05, 0) is 19.8 Å². The van der Waals surface area contributed by atoms with Gasteiger partial charge in [0.15, 0.2) is 23.3 Å². The molecule has 3 unspecified atom stereocenters. The predicted octanol–water partition coefficient (Wildman–Crippen LogP) is 4.25. The number of hydrogen-bond acceptors (Lipinski definition) is 2. The van der Waals surface area contributed by atoms with Gasteiger partial charge in [-0.25, -0.2) is 17.6 Å². The van der Waals surface area contributed by atoms with Crippen molar-refractivity contribution >= 4 is 5.69 Å². The maximum Gasteiger partial charge on any atom is 0.185 e. The zero-order chi connectivity index (χ0) is 15.8. The monoisotopic (exact) mass is 305 g/mol. The summed E-state index contributed by atoms with van der Waals surface area (Å²) >= 11 is 0. The Labute approximate surface area is 121 Å². The number of halogens is 4. The van der Waals surface area contributed by atoms with Gasteiger partial charge in [-0.1, -0.05) is 13.8 Å². The standard InChI is InChI=1S/C15H19F4NO/c1-4-15(3)10(7-11(15)21-5-2)20-14-12(18)8(16)6-9(17)13(14)19/h6,10-11,20H,4-5,7H2,1-3H3. The molecule has 2 rings (SSSR count). The highest BCUT2D eigenvalue weighted by Crippen LogP contribution is 2.47. The minimum absolute atomic E-state index is 0.0328. The van der Waals surface area contributed by atoms with E-state index < -0.39 is 29.0 Å². The lowest BCUT2D eigenvalue weighted by Gasteiger charge is -2.53. The van der Waals surface area contributed by atoms with Crippen LogP contribution in [0.15, 0.2) is 6.07 Å². The molecule has 0 aromatic heterocycles. The third kappa shape index (κ3) is 2.61. The molecule has 2 nitrogen and oxygen atoms in total. The Bertz CT molecular complexity index is 511. The van der Waals surface area contributed by atoms with Crippen LogP contribution >= 0.6 is 0 Å². The summed E-state index contributed by atoms with van der Waals surface area (Å²) in [4.78, 5) is 0. The van der Waals surface area contributed by atoms with Crippen LogP contribution in [0, 0.1) is 28.7 Å². The molecule has 0 radical (unpaired) electrons. The first-order valence-electron chi connectivity index (χ1n) is 7.06. The maximum absolute atomic E-state index is 13.7. The lowest BCUT2D eigenvalue weighted by Crippen LogP contribution is -2.59. The Morgan fingerprint density at radius 3 is 2.24 bits per heavy atom. The molecule has 21 heavy (non-hydrogen) atoms. The van der Waals surface area contributed by atoms with Crippen LogP contribution in [0.2, 0.25) is 0 Å². The summed E-state index contributed by atoms with van der Waals surface area (Å²) in [7, 11) is 0. The molecule has 1 N–H and O–H groups in total. The van der Waals surface area contributed by atoms with Gasteiger partial charge in [0.2, 0.25) is 0 Å². The highest BCUT2D eigenvalue weighted by molar-refractivity contribution is 5.49. The molecule has 1 saturated carbocycles. The summed E-state index contributed by atoms with van der Waals surface area (Å²) in [6.07, 6.45) is 1.22. The van der Waals surface area contributed by atoms with Crippen LogP contribution < -0.4 is 5.32 Å². The van der Waals surface area contributed by atoms with E-state index in [4.69, 9.17) is 4.74 Å². The Morgan fingerprint density at radius 2 is 1.76 bits per heavy atom. The second-order valence-corrected chi connectivity index (χ2v) is 5.58. The Balaban J connectivity index is 2.24. The number of hydrogen-bond donors (Lipinski definition) is 1. The van der Waals surface area contributed by atoms with Gasteiger partial charge in [0.25, 0.3) is 0 Å². The van der Waals surface area contributed by atoms with Gasteiger partial charge in [0.05, 0.1) is 6.10 Å². The summed E-state index contributed by atoms with van der Waals surface area (Å²) in [5.74, 6) is -5.61. The highest BCUT2D eigenvalue weighted by Gasteiger charge is 2.51. The zero-order valence-corrected chi connectivity index (χ0v) is 12.3.